The summed E-state index contributed by atoms with van der Waals surface area (Å²) in [5.74, 6) is 2.05. The topological polar surface area (TPSA) is 70.8 Å². The molecule has 1 aromatic heterocycles. The van der Waals surface area contributed by atoms with Crippen LogP contribution in [0.4, 0.5) is 0 Å². The molecule has 2 saturated heterocycles. The fraction of sp³-hybridized carbons (Fsp3) is 0.688. The van der Waals surface area contributed by atoms with Crippen LogP contribution in [-0.4, -0.2) is 67.9 Å². The Balaban J connectivity index is 1.64. The first-order valence-electron chi connectivity index (χ1n) is 8.09. The largest absolute Gasteiger partial charge is 0.466 e. The predicted octanol–water partition coefficient (Wildman–Crippen LogP) is 1.15. The fourth-order valence-electron chi connectivity index (χ4n) is 3.62. The SMILES string of the molecule is Cc1oc(C)c(C(=O)N2CCN(C3CCS(=O)(=O)C3)CC2)c1C. The molecule has 0 saturated carbocycles. The van der Waals surface area contributed by atoms with Gasteiger partial charge in [-0.2, -0.15) is 0 Å². The molecule has 0 radical (unpaired) electrons. The van der Waals surface area contributed by atoms with E-state index in [0.717, 1.165) is 30.8 Å². The van der Waals surface area contributed by atoms with Gasteiger partial charge in [0, 0.05) is 37.8 Å². The fourth-order valence-corrected chi connectivity index (χ4v) is 5.38. The first kappa shape index (κ1) is 16.5. The minimum absolute atomic E-state index is 0.0237. The molecule has 0 bridgehead atoms. The van der Waals surface area contributed by atoms with Crippen LogP contribution in [0.3, 0.4) is 0 Å². The zero-order valence-electron chi connectivity index (χ0n) is 14.0. The van der Waals surface area contributed by atoms with Crippen molar-refractivity contribution in [3.63, 3.8) is 0 Å². The van der Waals surface area contributed by atoms with Crippen LogP contribution in [0.5, 0.6) is 0 Å². The van der Waals surface area contributed by atoms with Crippen LogP contribution < -0.4 is 0 Å². The van der Waals surface area contributed by atoms with Crippen LogP contribution >= 0.6 is 0 Å². The van der Waals surface area contributed by atoms with Crippen LogP contribution in [0.1, 0.15) is 33.9 Å². The molecule has 3 heterocycles. The number of furan rings is 1. The average Bonchev–Trinajstić information content (AvgIpc) is 2.98. The Morgan fingerprint density at radius 3 is 2.22 bits per heavy atom. The van der Waals surface area contributed by atoms with Crippen molar-refractivity contribution in [3.8, 4) is 0 Å². The Morgan fingerprint density at radius 2 is 1.74 bits per heavy atom. The average molecular weight is 340 g/mol. The van der Waals surface area contributed by atoms with Crippen molar-refractivity contribution in [1.82, 2.24) is 9.80 Å². The molecule has 1 amide bonds. The number of sulfone groups is 1. The van der Waals surface area contributed by atoms with Gasteiger partial charge in [0.05, 0.1) is 17.1 Å². The minimum atomic E-state index is -2.86. The van der Waals surface area contributed by atoms with E-state index < -0.39 is 9.84 Å². The van der Waals surface area contributed by atoms with E-state index in [9.17, 15) is 13.2 Å². The van der Waals surface area contributed by atoms with E-state index in [1.54, 1.807) is 0 Å². The molecule has 3 rings (SSSR count). The van der Waals surface area contributed by atoms with Gasteiger partial charge in [-0.25, -0.2) is 8.42 Å². The summed E-state index contributed by atoms with van der Waals surface area (Å²) < 4.78 is 28.8. The van der Waals surface area contributed by atoms with E-state index in [4.69, 9.17) is 4.42 Å². The Labute approximate surface area is 137 Å². The highest BCUT2D eigenvalue weighted by atomic mass is 32.2. The first-order chi connectivity index (χ1) is 10.8. The number of piperazine rings is 1. The van der Waals surface area contributed by atoms with Crippen molar-refractivity contribution in [3.05, 3.63) is 22.6 Å². The Morgan fingerprint density at radius 1 is 1.09 bits per heavy atom. The number of amides is 1. The van der Waals surface area contributed by atoms with Gasteiger partial charge in [-0.1, -0.05) is 0 Å². The quantitative estimate of drug-likeness (QED) is 0.808. The van der Waals surface area contributed by atoms with Crippen LogP contribution in [0.25, 0.3) is 0 Å². The third-order valence-corrected chi connectivity index (χ3v) is 6.85. The normalized spacial score (nSPS) is 25.0. The lowest BCUT2D eigenvalue weighted by Gasteiger charge is -2.37. The maximum absolute atomic E-state index is 12.7. The van der Waals surface area contributed by atoms with E-state index in [1.807, 2.05) is 25.7 Å². The molecule has 0 spiro atoms. The van der Waals surface area contributed by atoms with E-state index in [1.165, 1.54) is 0 Å². The molecule has 128 valence electrons. The van der Waals surface area contributed by atoms with Gasteiger partial charge < -0.3 is 9.32 Å². The van der Waals surface area contributed by atoms with Gasteiger partial charge in [0.25, 0.3) is 5.91 Å². The molecule has 1 aromatic rings. The lowest BCUT2D eigenvalue weighted by atomic mass is 10.1. The smallest absolute Gasteiger partial charge is 0.257 e. The Hall–Kier alpha value is -1.34. The van der Waals surface area contributed by atoms with Gasteiger partial charge in [-0.15, -0.1) is 0 Å². The number of hydrogen-bond acceptors (Lipinski definition) is 5. The van der Waals surface area contributed by atoms with Gasteiger partial charge in [0.15, 0.2) is 9.84 Å². The predicted molar refractivity (Wildman–Crippen MR) is 87.5 cm³/mol. The number of aryl methyl sites for hydroxylation is 2. The van der Waals surface area contributed by atoms with E-state index in [2.05, 4.69) is 4.90 Å². The summed E-state index contributed by atoms with van der Waals surface area (Å²) in [7, 11) is -2.86. The maximum atomic E-state index is 12.7. The monoisotopic (exact) mass is 340 g/mol. The molecule has 1 unspecified atom stereocenters. The number of carbonyl (C=O) groups excluding carboxylic acids is 1. The van der Waals surface area contributed by atoms with Crippen molar-refractivity contribution in [2.45, 2.75) is 33.2 Å². The van der Waals surface area contributed by atoms with Crippen molar-refractivity contribution >= 4 is 15.7 Å². The summed E-state index contributed by atoms with van der Waals surface area (Å²) in [6.07, 6.45) is 0.718. The Kier molecular flexibility index (Phi) is 4.27. The zero-order valence-corrected chi connectivity index (χ0v) is 14.8. The van der Waals surface area contributed by atoms with E-state index in [-0.39, 0.29) is 17.7 Å². The highest BCUT2D eigenvalue weighted by Crippen LogP contribution is 2.24. The van der Waals surface area contributed by atoms with Crippen LogP contribution in [0.15, 0.2) is 4.42 Å². The van der Waals surface area contributed by atoms with Crippen LogP contribution in [-0.2, 0) is 9.84 Å². The highest BCUT2D eigenvalue weighted by molar-refractivity contribution is 7.91. The zero-order chi connectivity index (χ0) is 16.8. The second-order valence-corrected chi connectivity index (χ2v) is 8.83. The van der Waals surface area contributed by atoms with Gasteiger partial charge >= 0.3 is 0 Å². The van der Waals surface area contributed by atoms with Gasteiger partial charge in [-0.3, -0.25) is 9.69 Å². The summed E-state index contributed by atoms with van der Waals surface area (Å²) >= 11 is 0. The molecule has 2 aliphatic rings. The van der Waals surface area contributed by atoms with E-state index in [0.29, 0.717) is 30.2 Å². The van der Waals surface area contributed by atoms with E-state index >= 15 is 0 Å². The summed E-state index contributed by atoms with van der Waals surface area (Å²) in [5, 5.41) is 0. The molecule has 1 atom stereocenters. The Bertz CT molecular complexity index is 715. The summed E-state index contributed by atoms with van der Waals surface area (Å²) in [4.78, 5) is 16.8. The summed E-state index contributed by atoms with van der Waals surface area (Å²) in [6.45, 7) is 8.36. The van der Waals surface area contributed by atoms with Gasteiger partial charge in [0.2, 0.25) is 0 Å². The molecule has 23 heavy (non-hydrogen) atoms. The molecular weight excluding hydrogens is 316 g/mol. The minimum Gasteiger partial charge on any atom is -0.466 e. The maximum Gasteiger partial charge on any atom is 0.257 e. The van der Waals surface area contributed by atoms with Crippen LogP contribution in [0.2, 0.25) is 0 Å². The van der Waals surface area contributed by atoms with Gasteiger partial charge in [0.1, 0.15) is 11.5 Å². The van der Waals surface area contributed by atoms with Gasteiger partial charge in [-0.05, 0) is 27.2 Å². The van der Waals surface area contributed by atoms with Crippen molar-refractivity contribution in [2.75, 3.05) is 37.7 Å². The van der Waals surface area contributed by atoms with Crippen molar-refractivity contribution in [2.24, 2.45) is 0 Å². The third kappa shape index (κ3) is 3.17. The second kappa shape index (κ2) is 5.94. The lowest BCUT2D eigenvalue weighted by molar-refractivity contribution is 0.0585. The molecule has 2 fully saturated rings. The molecule has 0 aliphatic carbocycles. The molecule has 7 heteroatoms. The molecule has 0 aromatic carbocycles. The number of nitrogens with zero attached hydrogens (tertiary/aromatic N) is 2. The van der Waals surface area contributed by atoms with Crippen molar-refractivity contribution in [1.29, 1.82) is 0 Å². The van der Waals surface area contributed by atoms with Crippen molar-refractivity contribution < 1.29 is 17.6 Å². The summed E-state index contributed by atoms with van der Waals surface area (Å²) in [5.41, 5.74) is 1.59. The summed E-state index contributed by atoms with van der Waals surface area (Å²) in [6, 6.07) is 0.122. The third-order valence-electron chi connectivity index (χ3n) is 5.10. The number of hydrogen-bond donors (Lipinski definition) is 0. The lowest BCUT2D eigenvalue weighted by Crippen LogP contribution is -2.52. The number of carbonyl (C=O) groups is 1. The molecule has 0 N–H and O–H groups in total. The highest BCUT2D eigenvalue weighted by Gasteiger charge is 2.35. The first-order valence-corrected chi connectivity index (χ1v) is 9.91. The molecule has 2 aliphatic heterocycles. The number of rotatable bonds is 2. The molecular formula is C16H24N2O4S. The molecule has 6 nitrogen and oxygen atoms in total. The second-order valence-electron chi connectivity index (χ2n) is 6.60. The standard InChI is InChI=1S/C16H24N2O4S/c1-11-12(2)22-13(3)15(11)16(19)18-7-5-17(6-8-18)14-4-9-23(20,21)10-14/h14H,4-10H2,1-3H3. The van der Waals surface area contributed by atoms with Crippen LogP contribution in [0, 0.1) is 20.8 Å².